The lowest BCUT2D eigenvalue weighted by Crippen LogP contribution is -2.26. The number of nitrogens with one attached hydrogen (secondary N) is 1. The molecule has 1 rings (SSSR count). The molecule has 0 spiro atoms. The van der Waals surface area contributed by atoms with Gasteiger partial charge in [-0.1, -0.05) is 11.8 Å². The molecule has 0 fully saturated rings. The fraction of sp³-hybridized carbons (Fsp3) is 0.615. The van der Waals surface area contributed by atoms with Crippen LogP contribution in [0.3, 0.4) is 0 Å². The van der Waals surface area contributed by atoms with Crippen LogP contribution in [0.2, 0.25) is 0 Å². The van der Waals surface area contributed by atoms with Crippen LogP contribution in [0.4, 0.5) is 0 Å². The van der Waals surface area contributed by atoms with Crippen molar-refractivity contribution in [1.82, 2.24) is 14.9 Å². The van der Waals surface area contributed by atoms with E-state index < -0.39 is 0 Å². The molecule has 1 aromatic rings. The minimum absolute atomic E-state index is 0.0220. The number of carbonyl (C=O) groups is 1. The Kier molecular flexibility index (Phi) is 7.32. The van der Waals surface area contributed by atoms with Gasteiger partial charge in [0.25, 0.3) is 5.56 Å². The van der Waals surface area contributed by atoms with Crippen LogP contribution >= 0.6 is 11.8 Å². The summed E-state index contributed by atoms with van der Waals surface area (Å²) in [4.78, 5) is 27.4. The number of carbonyl (C=O) groups excluding carboxylic acids is 1. The number of methoxy groups -OCH3 is 1. The van der Waals surface area contributed by atoms with E-state index in [9.17, 15) is 9.59 Å². The summed E-state index contributed by atoms with van der Waals surface area (Å²) >= 11 is 1.49. The lowest BCUT2D eigenvalue weighted by molar-refractivity contribution is -0.121. The van der Waals surface area contributed by atoms with Crippen molar-refractivity contribution in [2.45, 2.75) is 24.9 Å². The second kappa shape index (κ2) is 8.76. The zero-order valence-corrected chi connectivity index (χ0v) is 13.0. The Bertz CT molecular complexity index is 502. The van der Waals surface area contributed by atoms with Gasteiger partial charge in [-0.15, -0.1) is 0 Å². The molecule has 0 aliphatic carbocycles. The molecular formula is C13H21N3O3S. The molecule has 20 heavy (non-hydrogen) atoms. The van der Waals surface area contributed by atoms with Crippen LogP contribution in [0.15, 0.2) is 16.0 Å². The Morgan fingerprint density at radius 1 is 1.55 bits per heavy atom. The summed E-state index contributed by atoms with van der Waals surface area (Å²) in [7, 11) is 3.30. The van der Waals surface area contributed by atoms with Crippen molar-refractivity contribution in [2.24, 2.45) is 7.05 Å². The summed E-state index contributed by atoms with van der Waals surface area (Å²) in [6.07, 6.45) is 1.21. The number of aryl methyl sites for hydroxylation is 1. The van der Waals surface area contributed by atoms with Gasteiger partial charge in [0.05, 0.1) is 6.61 Å². The van der Waals surface area contributed by atoms with Gasteiger partial charge in [-0.05, 0) is 13.3 Å². The van der Waals surface area contributed by atoms with Crippen LogP contribution in [-0.4, -0.2) is 41.5 Å². The number of rotatable bonds is 8. The summed E-state index contributed by atoms with van der Waals surface area (Å²) in [6.45, 7) is 2.86. The monoisotopic (exact) mass is 299 g/mol. The van der Waals surface area contributed by atoms with Gasteiger partial charge in [0, 0.05) is 44.6 Å². The zero-order valence-electron chi connectivity index (χ0n) is 12.1. The highest BCUT2D eigenvalue weighted by atomic mass is 32.2. The predicted molar refractivity (Wildman–Crippen MR) is 79.1 cm³/mol. The van der Waals surface area contributed by atoms with Crippen molar-refractivity contribution in [3.63, 3.8) is 0 Å². The molecule has 0 atom stereocenters. The number of nitrogens with zero attached hydrogens (tertiary/aromatic N) is 2. The number of thioether (sulfide) groups is 1. The quantitative estimate of drug-likeness (QED) is 0.435. The average molecular weight is 299 g/mol. The van der Waals surface area contributed by atoms with E-state index in [2.05, 4.69) is 10.3 Å². The summed E-state index contributed by atoms with van der Waals surface area (Å²) in [6, 6.07) is 1.51. The first kappa shape index (κ1) is 16.7. The Hall–Kier alpha value is -1.34. The third kappa shape index (κ3) is 5.75. The molecule has 0 bridgehead atoms. The van der Waals surface area contributed by atoms with Gasteiger partial charge < -0.3 is 10.1 Å². The summed E-state index contributed by atoms with van der Waals surface area (Å²) < 4.78 is 6.38. The van der Waals surface area contributed by atoms with Gasteiger partial charge in [-0.3, -0.25) is 14.2 Å². The van der Waals surface area contributed by atoms with Gasteiger partial charge in [0.1, 0.15) is 0 Å². The molecule has 0 unspecified atom stereocenters. The van der Waals surface area contributed by atoms with Gasteiger partial charge in [0.15, 0.2) is 5.16 Å². The number of ether oxygens (including phenoxy) is 1. The number of hydrogen-bond acceptors (Lipinski definition) is 5. The first-order valence-corrected chi connectivity index (χ1v) is 7.46. The van der Waals surface area contributed by atoms with E-state index in [1.807, 2.05) is 0 Å². The van der Waals surface area contributed by atoms with Crippen molar-refractivity contribution in [2.75, 3.05) is 26.0 Å². The fourth-order valence-corrected chi connectivity index (χ4v) is 2.50. The summed E-state index contributed by atoms with van der Waals surface area (Å²) in [5, 5.41) is 3.46. The Balaban J connectivity index is 2.31. The van der Waals surface area contributed by atoms with Crippen LogP contribution in [0.5, 0.6) is 0 Å². The van der Waals surface area contributed by atoms with E-state index in [1.54, 1.807) is 21.1 Å². The van der Waals surface area contributed by atoms with E-state index in [0.717, 1.165) is 12.2 Å². The molecule has 0 aromatic carbocycles. The smallest absolute Gasteiger partial charge is 0.254 e. The van der Waals surface area contributed by atoms with Gasteiger partial charge in [-0.2, -0.15) is 0 Å². The van der Waals surface area contributed by atoms with Crippen molar-refractivity contribution in [3.05, 3.63) is 22.1 Å². The normalized spacial score (nSPS) is 10.6. The Labute approximate surface area is 122 Å². The predicted octanol–water partition coefficient (Wildman–Crippen LogP) is 0.724. The van der Waals surface area contributed by atoms with Crippen molar-refractivity contribution < 1.29 is 9.53 Å². The standard InChI is InChI=1S/C13H21N3O3S/c1-10-9-12(18)16(2)13(15-10)20-8-4-5-11(17)14-6-7-19-3/h9H,4-8H2,1-3H3,(H,14,17). The van der Waals surface area contributed by atoms with E-state index in [0.29, 0.717) is 30.4 Å². The Morgan fingerprint density at radius 3 is 3.00 bits per heavy atom. The number of amides is 1. The van der Waals surface area contributed by atoms with Crippen LogP contribution in [0, 0.1) is 6.92 Å². The van der Waals surface area contributed by atoms with Gasteiger partial charge >= 0.3 is 0 Å². The minimum atomic E-state index is -0.0580. The molecule has 1 amide bonds. The number of hydrogen-bond donors (Lipinski definition) is 1. The molecule has 1 N–H and O–H groups in total. The van der Waals surface area contributed by atoms with Crippen molar-refractivity contribution >= 4 is 17.7 Å². The maximum absolute atomic E-state index is 11.6. The van der Waals surface area contributed by atoms with Crippen LogP contribution in [-0.2, 0) is 16.6 Å². The van der Waals surface area contributed by atoms with E-state index in [4.69, 9.17) is 4.74 Å². The third-order valence-corrected chi connectivity index (χ3v) is 3.75. The molecule has 1 heterocycles. The van der Waals surface area contributed by atoms with Crippen LogP contribution in [0.1, 0.15) is 18.5 Å². The molecule has 0 radical (unpaired) electrons. The summed E-state index contributed by atoms with van der Waals surface area (Å²) in [5.74, 6) is 0.773. The molecular weight excluding hydrogens is 278 g/mol. The molecule has 0 aliphatic rings. The fourth-order valence-electron chi connectivity index (χ4n) is 1.53. The number of aromatic nitrogens is 2. The highest BCUT2D eigenvalue weighted by molar-refractivity contribution is 7.99. The third-order valence-electron chi connectivity index (χ3n) is 2.63. The SMILES string of the molecule is COCCNC(=O)CCCSc1nc(C)cc(=O)n1C. The zero-order chi connectivity index (χ0) is 15.0. The minimum Gasteiger partial charge on any atom is -0.383 e. The second-order valence-electron chi connectivity index (χ2n) is 4.37. The first-order chi connectivity index (χ1) is 9.54. The van der Waals surface area contributed by atoms with Gasteiger partial charge in [-0.25, -0.2) is 4.98 Å². The van der Waals surface area contributed by atoms with E-state index in [-0.39, 0.29) is 11.5 Å². The van der Waals surface area contributed by atoms with Crippen LogP contribution in [0.25, 0.3) is 0 Å². The molecule has 0 saturated heterocycles. The average Bonchev–Trinajstić information content (AvgIpc) is 2.40. The molecule has 6 nitrogen and oxygen atoms in total. The highest BCUT2D eigenvalue weighted by Crippen LogP contribution is 2.15. The van der Waals surface area contributed by atoms with Crippen LogP contribution < -0.4 is 10.9 Å². The van der Waals surface area contributed by atoms with Crippen molar-refractivity contribution in [1.29, 1.82) is 0 Å². The lowest BCUT2D eigenvalue weighted by Gasteiger charge is -2.07. The molecule has 7 heteroatoms. The Morgan fingerprint density at radius 2 is 2.30 bits per heavy atom. The maximum atomic E-state index is 11.6. The van der Waals surface area contributed by atoms with E-state index in [1.165, 1.54) is 22.4 Å². The molecule has 112 valence electrons. The first-order valence-electron chi connectivity index (χ1n) is 6.47. The maximum Gasteiger partial charge on any atom is 0.254 e. The summed E-state index contributed by atoms with van der Waals surface area (Å²) in [5.41, 5.74) is 0.658. The molecule has 1 aromatic heterocycles. The van der Waals surface area contributed by atoms with Gasteiger partial charge in [0.2, 0.25) is 5.91 Å². The molecule has 0 aliphatic heterocycles. The van der Waals surface area contributed by atoms with Crippen molar-refractivity contribution in [3.8, 4) is 0 Å². The van der Waals surface area contributed by atoms with E-state index >= 15 is 0 Å². The highest BCUT2D eigenvalue weighted by Gasteiger charge is 2.05. The topological polar surface area (TPSA) is 73.2 Å². The largest absolute Gasteiger partial charge is 0.383 e. The molecule has 0 saturated carbocycles. The second-order valence-corrected chi connectivity index (χ2v) is 5.43. The lowest BCUT2D eigenvalue weighted by atomic mass is 10.3.